The van der Waals surface area contributed by atoms with E-state index in [1.54, 1.807) is 13.2 Å². The predicted molar refractivity (Wildman–Crippen MR) is 143 cm³/mol. The molecule has 0 aliphatic carbocycles. The quantitative estimate of drug-likeness (QED) is 0.253. The maximum Gasteiger partial charge on any atom is 0.237 e. The summed E-state index contributed by atoms with van der Waals surface area (Å²) in [7, 11) is 0. The molecule has 0 aliphatic heterocycles. The summed E-state index contributed by atoms with van der Waals surface area (Å²) in [6.07, 6.45) is 6.18. The molecule has 0 saturated heterocycles. The van der Waals surface area contributed by atoms with Crippen molar-refractivity contribution >= 4 is 16.8 Å². The first-order chi connectivity index (χ1) is 17.9. The van der Waals surface area contributed by atoms with Crippen molar-refractivity contribution in [1.82, 2.24) is 19.7 Å². The molecule has 2 atom stereocenters. The second-order valence-corrected chi connectivity index (χ2v) is 9.87. The molecule has 0 saturated carbocycles. The molecule has 8 nitrogen and oxygen atoms in total. The molecule has 5 rings (SSSR count). The van der Waals surface area contributed by atoms with Crippen molar-refractivity contribution < 1.29 is 9.21 Å². The topological polar surface area (TPSA) is 129 Å². The van der Waals surface area contributed by atoms with E-state index < -0.39 is 11.4 Å². The van der Waals surface area contributed by atoms with Gasteiger partial charge >= 0.3 is 0 Å². The van der Waals surface area contributed by atoms with Crippen LogP contribution in [-0.4, -0.2) is 31.2 Å². The van der Waals surface area contributed by atoms with Crippen molar-refractivity contribution in [1.29, 1.82) is 0 Å². The number of carbonyl (C=O) groups is 1. The number of hydrogen-bond acceptors (Lipinski definition) is 5. The number of rotatable bonds is 11. The normalized spacial score (nSPS) is 14.0. The average Bonchev–Trinajstić information content (AvgIpc) is 3.64. The Morgan fingerprint density at radius 1 is 1.05 bits per heavy atom. The van der Waals surface area contributed by atoms with Gasteiger partial charge in [-0.1, -0.05) is 48.5 Å². The van der Waals surface area contributed by atoms with Crippen LogP contribution in [0, 0.1) is 0 Å². The number of aryl methyl sites for hydroxylation is 2. The summed E-state index contributed by atoms with van der Waals surface area (Å²) < 4.78 is 7.79. The van der Waals surface area contributed by atoms with Gasteiger partial charge in [0, 0.05) is 29.4 Å². The van der Waals surface area contributed by atoms with Crippen LogP contribution in [0.4, 0.5) is 0 Å². The van der Waals surface area contributed by atoms with Crippen LogP contribution in [0.5, 0.6) is 0 Å². The van der Waals surface area contributed by atoms with Crippen molar-refractivity contribution in [2.24, 2.45) is 11.5 Å². The Bertz CT molecular complexity index is 1470. The molecule has 0 aliphatic rings. The lowest BCUT2D eigenvalue weighted by atomic mass is 9.84. The number of aromatic nitrogens is 4. The van der Waals surface area contributed by atoms with Crippen LogP contribution >= 0.6 is 0 Å². The van der Waals surface area contributed by atoms with Gasteiger partial charge in [0.2, 0.25) is 5.91 Å². The van der Waals surface area contributed by atoms with E-state index in [1.165, 1.54) is 5.56 Å². The molecule has 37 heavy (non-hydrogen) atoms. The van der Waals surface area contributed by atoms with Crippen LogP contribution in [0.1, 0.15) is 47.8 Å². The van der Waals surface area contributed by atoms with Crippen LogP contribution in [0.15, 0.2) is 83.6 Å². The van der Waals surface area contributed by atoms with Gasteiger partial charge in [0.15, 0.2) is 0 Å². The van der Waals surface area contributed by atoms with Gasteiger partial charge in [-0.3, -0.25) is 4.79 Å². The van der Waals surface area contributed by atoms with E-state index in [0.29, 0.717) is 25.8 Å². The molecule has 5 aromatic rings. The van der Waals surface area contributed by atoms with E-state index >= 15 is 0 Å². The fraction of sp³-hybridized carbons (Fsp3) is 0.276. The lowest BCUT2D eigenvalue weighted by molar-refractivity contribution is -0.122. The SMILES string of the molecule is CC(N)(C[C@@H](Cc1c[nH]c2ccccc12)c1nnc(CCc2ccccc2)n1Cc1ccco1)C(N)=O. The number of primary amides is 1. The van der Waals surface area contributed by atoms with E-state index in [4.69, 9.17) is 15.9 Å². The maximum atomic E-state index is 12.2. The van der Waals surface area contributed by atoms with Gasteiger partial charge in [0.05, 0.1) is 18.3 Å². The van der Waals surface area contributed by atoms with Crippen LogP contribution in [0.25, 0.3) is 10.9 Å². The minimum Gasteiger partial charge on any atom is -0.467 e. The van der Waals surface area contributed by atoms with Crippen LogP contribution < -0.4 is 11.5 Å². The highest BCUT2D eigenvalue weighted by molar-refractivity contribution is 5.84. The van der Waals surface area contributed by atoms with Gasteiger partial charge in [-0.15, -0.1) is 10.2 Å². The molecule has 0 spiro atoms. The Morgan fingerprint density at radius 3 is 2.59 bits per heavy atom. The Labute approximate surface area is 215 Å². The molecule has 0 radical (unpaired) electrons. The van der Waals surface area contributed by atoms with Crippen molar-refractivity contribution in [3.63, 3.8) is 0 Å². The predicted octanol–water partition coefficient (Wildman–Crippen LogP) is 4.11. The number of H-pyrrole nitrogens is 1. The Balaban J connectivity index is 1.53. The molecule has 2 aromatic carbocycles. The summed E-state index contributed by atoms with van der Waals surface area (Å²) >= 11 is 0. The first kappa shape index (κ1) is 24.5. The van der Waals surface area contributed by atoms with E-state index in [1.807, 2.05) is 54.7 Å². The molecule has 1 unspecified atom stereocenters. The summed E-state index contributed by atoms with van der Waals surface area (Å²) in [4.78, 5) is 15.6. The molecular formula is C29H32N6O2. The van der Waals surface area contributed by atoms with Crippen molar-refractivity contribution in [3.05, 3.63) is 108 Å². The van der Waals surface area contributed by atoms with E-state index in [9.17, 15) is 4.79 Å². The lowest BCUT2D eigenvalue weighted by Crippen LogP contribution is -2.50. The fourth-order valence-corrected chi connectivity index (χ4v) is 4.90. The smallest absolute Gasteiger partial charge is 0.237 e. The first-order valence-corrected chi connectivity index (χ1v) is 12.5. The monoisotopic (exact) mass is 496 g/mol. The van der Waals surface area contributed by atoms with Crippen LogP contribution in [0.3, 0.4) is 0 Å². The van der Waals surface area contributed by atoms with E-state index in [0.717, 1.165) is 40.3 Å². The van der Waals surface area contributed by atoms with Crippen LogP contribution in [-0.2, 0) is 30.6 Å². The summed E-state index contributed by atoms with van der Waals surface area (Å²) in [5.74, 6) is 1.69. The number of nitrogens with one attached hydrogen (secondary N) is 1. The molecule has 3 aromatic heterocycles. The zero-order valence-corrected chi connectivity index (χ0v) is 20.9. The Hall–Kier alpha value is -4.17. The molecule has 190 valence electrons. The highest BCUT2D eigenvalue weighted by Crippen LogP contribution is 2.32. The van der Waals surface area contributed by atoms with Gasteiger partial charge in [0.1, 0.15) is 17.4 Å². The van der Waals surface area contributed by atoms with E-state index in [-0.39, 0.29) is 5.92 Å². The number of fused-ring (bicyclic) bond motifs is 1. The van der Waals surface area contributed by atoms with Gasteiger partial charge in [0.25, 0.3) is 0 Å². The third-order valence-corrected chi connectivity index (χ3v) is 6.97. The second kappa shape index (κ2) is 10.4. The number of benzene rings is 2. The number of hydrogen-bond donors (Lipinski definition) is 3. The summed E-state index contributed by atoms with van der Waals surface area (Å²) in [6, 6.07) is 22.3. The third-order valence-electron chi connectivity index (χ3n) is 6.97. The molecule has 8 heteroatoms. The highest BCUT2D eigenvalue weighted by atomic mass is 16.3. The average molecular weight is 497 g/mol. The standard InChI is InChI=1S/C29H32N6O2/c1-29(31,28(30)36)17-21(16-22-18-32-25-12-6-5-11-24(22)25)27-34-33-26(14-13-20-8-3-2-4-9-20)35(27)19-23-10-7-15-37-23/h2-12,15,18,21,32H,13-14,16-17,19,31H2,1H3,(H2,30,36)/t21-,29?/m1/s1. The zero-order valence-electron chi connectivity index (χ0n) is 20.9. The van der Waals surface area contributed by atoms with Gasteiger partial charge in [-0.25, -0.2) is 0 Å². The van der Waals surface area contributed by atoms with Crippen molar-refractivity contribution in [2.75, 3.05) is 0 Å². The number of furan rings is 1. The number of para-hydroxylation sites is 1. The molecular weight excluding hydrogens is 464 g/mol. The summed E-state index contributed by atoms with van der Waals surface area (Å²) in [5.41, 5.74) is 14.3. The van der Waals surface area contributed by atoms with Gasteiger partial charge < -0.3 is 25.4 Å². The van der Waals surface area contributed by atoms with E-state index in [2.05, 4.69) is 37.9 Å². The Kier molecular flexibility index (Phi) is 6.92. The Morgan fingerprint density at radius 2 is 1.84 bits per heavy atom. The molecule has 1 amide bonds. The molecule has 3 heterocycles. The van der Waals surface area contributed by atoms with Crippen molar-refractivity contribution in [3.8, 4) is 0 Å². The number of nitrogens with zero attached hydrogens (tertiary/aromatic N) is 3. The highest BCUT2D eigenvalue weighted by Gasteiger charge is 2.34. The second-order valence-electron chi connectivity index (χ2n) is 9.87. The first-order valence-electron chi connectivity index (χ1n) is 12.5. The largest absolute Gasteiger partial charge is 0.467 e. The molecule has 5 N–H and O–H groups in total. The minimum absolute atomic E-state index is 0.199. The number of nitrogens with two attached hydrogens (primary N) is 2. The summed E-state index contributed by atoms with van der Waals surface area (Å²) in [6.45, 7) is 2.17. The maximum absolute atomic E-state index is 12.2. The van der Waals surface area contributed by atoms with Crippen molar-refractivity contribution in [2.45, 2.75) is 50.6 Å². The third kappa shape index (κ3) is 5.49. The van der Waals surface area contributed by atoms with Gasteiger partial charge in [-0.2, -0.15) is 0 Å². The van der Waals surface area contributed by atoms with Crippen LogP contribution in [0.2, 0.25) is 0 Å². The minimum atomic E-state index is -1.21. The zero-order chi connectivity index (χ0) is 25.8. The molecule has 0 bridgehead atoms. The molecule has 0 fully saturated rings. The number of carbonyl (C=O) groups excluding carboxylic acids is 1. The summed E-state index contributed by atoms with van der Waals surface area (Å²) in [5, 5.41) is 10.4. The lowest BCUT2D eigenvalue weighted by Gasteiger charge is -2.27. The fourth-order valence-electron chi connectivity index (χ4n) is 4.90. The number of aromatic amines is 1. The number of amides is 1. The van der Waals surface area contributed by atoms with Gasteiger partial charge in [-0.05, 0) is 55.5 Å².